The summed E-state index contributed by atoms with van der Waals surface area (Å²) in [5, 5.41) is 2.74. The van der Waals surface area contributed by atoms with Gasteiger partial charge >= 0.3 is 6.09 Å². The van der Waals surface area contributed by atoms with Crippen molar-refractivity contribution in [1.82, 2.24) is 5.32 Å². The van der Waals surface area contributed by atoms with Crippen LogP contribution < -0.4 is 5.32 Å². The van der Waals surface area contributed by atoms with Crippen molar-refractivity contribution in [3.8, 4) is 0 Å². The number of nitrogens with one attached hydrogen (secondary N) is 1. The Morgan fingerprint density at radius 3 is 2.35 bits per heavy atom. The van der Waals surface area contributed by atoms with Crippen molar-refractivity contribution in [2.45, 2.75) is 52.2 Å². The third kappa shape index (κ3) is 5.43. The van der Waals surface area contributed by atoms with Gasteiger partial charge in [0.2, 0.25) is 0 Å². The zero-order chi connectivity index (χ0) is 15.2. The lowest BCUT2D eigenvalue weighted by molar-refractivity contribution is -0.108. The summed E-state index contributed by atoms with van der Waals surface area (Å²) in [6.45, 7) is 7.49. The van der Waals surface area contributed by atoms with Gasteiger partial charge in [-0.25, -0.2) is 4.79 Å². The van der Waals surface area contributed by atoms with E-state index >= 15 is 0 Å². The van der Waals surface area contributed by atoms with Gasteiger partial charge in [-0.2, -0.15) is 0 Å². The number of aryl methyl sites for hydroxylation is 1. The van der Waals surface area contributed by atoms with E-state index in [1.54, 1.807) is 20.8 Å². The molecule has 20 heavy (non-hydrogen) atoms. The first-order valence-electron chi connectivity index (χ1n) is 6.87. The second kappa shape index (κ2) is 7.08. The quantitative estimate of drug-likeness (QED) is 0.839. The van der Waals surface area contributed by atoms with Crippen molar-refractivity contribution < 1.29 is 14.3 Å². The Morgan fingerprint density at radius 2 is 1.90 bits per heavy atom. The van der Waals surface area contributed by atoms with E-state index in [-0.39, 0.29) is 12.5 Å². The van der Waals surface area contributed by atoms with Crippen molar-refractivity contribution in [2.75, 3.05) is 0 Å². The average molecular weight is 277 g/mol. The lowest BCUT2D eigenvalue weighted by Crippen LogP contribution is -2.35. The maximum atomic E-state index is 11.8. The van der Waals surface area contributed by atoms with Crippen LogP contribution in [0, 0.1) is 0 Å². The summed E-state index contributed by atoms with van der Waals surface area (Å²) in [6.07, 6.45) is 1.47. The minimum absolute atomic E-state index is 0.227. The molecule has 0 heterocycles. The van der Waals surface area contributed by atoms with Crippen molar-refractivity contribution in [3.63, 3.8) is 0 Å². The van der Waals surface area contributed by atoms with Gasteiger partial charge in [0.15, 0.2) is 0 Å². The van der Waals surface area contributed by atoms with Gasteiger partial charge in [-0.05, 0) is 38.3 Å². The highest BCUT2D eigenvalue weighted by Crippen LogP contribution is 2.18. The number of amides is 1. The molecule has 1 aromatic carbocycles. The summed E-state index contributed by atoms with van der Waals surface area (Å²) in [5.41, 5.74) is 1.57. The molecule has 1 atom stereocenters. The first-order valence-corrected chi connectivity index (χ1v) is 6.87. The number of hydrogen-bond donors (Lipinski definition) is 1. The van der Waals surface area contributed by atoms with Crippen LogP contribution in [0.4, 0.5) is 4.79 Å². The highest BCUT2D eigenvalue weighted by atomic mass is 16.6. The zero-order valence-corrected chi connectivity index (χ0v) is 12.6. The van der Waals surface area contributed by atoms with Crippen LogP contribution in [0.5, 0.6) is 0 Å². The van der Waals surface area contributed by atoms with E-state index in [4.69, 9.17) is 4.74 Å². The summed E-state index contributed by atoms with van der Waals surface area (Å²) in [7, 11) is 0. The third-order valence-corrected chi connectivity index (χ3v) is 2.81. The number of rotatable bonds is 5. The fourth-order valence-corrected chi connectivity index (χ4v) is 1.81. The lowest BCUT2D eigenvalue weighted by atomic mass is 10.0. The van der Waals surface area contributed by atoms with Crippen molar-refractivity contribution in [3.05, 3.63) is 35.4 Å². The third-order valence-electron chi connectivity index (χ3n) is 2.81. The predicted octanol–water partition coefficient (Wildman–Crippen LogP) is 3.40. The molecular weight excluding hydrogens is 254 g/mol. The number of carbonyl (C=O) groups excluding carboxylic acids is 2. The Balaban J connectivity index is 2.77. The molecule has 0 unspecified atom stereocenters. The number of ether oxygens (including phenoxy) is 1. The summed E-state index contributed by atoms with van der Waals surface area (Å²) in [5.74, 6) is 0. The molecule has 0 bridgehead atoms. The van der Waals surface area contributed by atoms with E-state index < -0.39 is 11.7 Å². The van der Waals surface area contributed by atoms with Crippen LogP contribution in [0.3, 0.4) is 0 Å². The molecule has 0 aliphatic heterocycles. The van der Waals surface area contributed by atoms with Gasteiger partial charge in [0.1, 0.15) is 11.9 Å². The molecule has 4 nitrogen and oxygen atoms in total. The number of alkyl carbamates (subject to hydrolysis) is 1. The van der Waals surface area contributed by atoms with Crippen LogP contribution in [0.1, 0.15) is 51.3 Å². The fourth-order valence-electron chi connectivity index (χ4n) is 1.81. The van der Waals surface area contributed by atoms with Crippen molar-refractivity contribution >= 4 is 12.4 Å². The molecule has 0 fully saturated rings. The standard InChI is InChI=1S/C16H23NO3/c1-5-12-6-8-13(9-7-12)14(10-11-18)17-15(19)20-16(2,3)4/h6-9,11,14H,5,10H2,1-4H3,(H,17,19)/t14-/m0/s1. The van der Waals surface area contributed by atoms with E-state index in [1.165, 1.54) is 5.56 Å². The number of hydrogen-bond acceptors (Lipinski definition) is 3. The summed E-state index contributed by atoms with van der Waals surface area (Å²) >= 11 is 0. The van der Waals surface area contributed by atoms with Crippen molar-refractivity contribution in [2.24, 2.45) is 0 Å². The van der Waals surface area contributed by atoms with Gasteiger partial charge in [-0.15, -0.1) is 0 Å². The summed E-state index contributed by atoms with van der Waals surface area (Å²) in [4.78, 5) is 22.6. The average Bonchev–Trinajstić information content (AvgIpc) is 2.36. The molecule has 0 spiro atoms. The first kappa shape index (κ1) is 16.2. The van der Waals surface area contributed by atoms with Gasteiger partial charge in [0, 0.05) is 6.42 Å². The molecule has 1 N–H and O–H groups in total. The SMILES string of the molecule is CCc1ccc([C@H](CC=O)NC(=O)OC(C)(C)C)cc1. The fraction of sp³-hybridized carbons (Fsp3) is 0.500. The molecular formula is C16H23NO3. The van der Waals surface area contributed by atoms with E-state index in [0.29, 0.717) is 0 Å². The summed E-state index contributed by atoms with van der Waals surface area (Å²) in [6, 6.07) is 7.52. The molecule has 0 saturated heterocycles. The van der Waals surface area contributed by atoms with Crippen LogP contribution >= 0.6 is 0 Å². The Hall–Kier alpha value is -1.84. The normalized spacial score (nSPS) is 12.6. The largest absolute Gasteiger partial charge is 0.444 e. The molecule has 4 heteroatoms. The molecule has 0 radical (unpaired) electrons. The van der Waals surface area contributed by atoms with Crippen LogP contribution in [0.15, 0.2) is 24.3 Å². The minimum Gasteiger partial charge on any atom is -0.444 e. The van der Waals surface area contributed by atoms with Gasteiger partial charge in [-0.1, -0.05) is 31.2 Å². The van der Waals surface area contributed by atoms with Crippen LogP contribution in [-0.2, 0) is 16.0 Å². The number of aldehydes is 1. The second-order valence-corrected chi connectivity index (χ2v) is 5.70. The van der Waals surface area contributed by atoms with E-state index in [1.807, 2.05) is 24.3 Å². The molecule has 0 aliphatic carbocycles. The molecule has 0 aliphatic rings. The van der Waals surface area contributed by atoms with E-state index in [9.17, 15) is 9.59 Å². The Morgan fingerprint density at radius 1 is 1.30 bits per heavy atom. The Kier molecular flexibility index (Phi) is 5.74. The summed E-state index contributed by atoms with van der Waals surface area (Å²) < 4.78 is 5.21. The minimum atomic E-state index is -0.554. The van der Waals surface area contributed by atoms with E-state index in [0.717, 1.165) is 18.3 Å². The number of carbonyl (C=O) groups is 2. The van der Waals surface area contributed by atoms with Gasteiger partial charge in [0.25, 0.3) is 0 Å². The highest BCUT2D eigenvalue weighted by molar-refractivity contribution is 5.69. The molecule has 1 aromatic rings. The molecule has 1 rings (SSSR count). The van der Waals surface area contributed by atoms with Crippen molar-refractivity contribution in [1.29, 1.82) is 0 Å². The maximum absolute atomic E-state index is 11.8. The zero-order valence-electron chi connectivity index (χ0n) is 12.6. The predicted molar refractivity (Wildman–Crippen MR) is 78.6 cm³/mol. The van der Waals surface area contributed by atoms with Gasteiger partial charge in [0.05, 0.1) is 6.04 Å². The monoisotopic (exact) mass is 277 g/mol. The lowest BCUT2D eigenvalue weighted by Gasteiger charge is -2.23. The highest BCUT2D eigenvalue weighted by Gasteiger charge is 2.20. The first-order chi connectivity index (χ1) is 9.35. The van der Waals surface area contributed by atoms with Gasteiger partial charge < -0.3 is 14.8 Å². The second-order valence-electron chi connectivity index (χ2n) is 5.70. The number of benzene rings is 1. The Labute approximate surface area is 120 Å². The topological polar surface area (TPSA) is 55.4 Å². The smallest absolute Gasteiger partial charge is 0.408 e. The molecule has 0 saturated carbocycles. The Bertz CT molecular complexity index is 446. The van der Waals surface area contributed by atoms with Gasteiger partial charge in [-0.3, -0.25) is 0 Å². The van der Waals surface area contributed by atoms with Crippen LogP contribution in [0.2, 0.25) is 0 Å². The maximum Gasteiger partial charge on any atom is 0.408 e. The molecule has 1 amide bonds. The molecule has 110 valence electrons. The van der Waals surface area contributed by atoms with Crippen LogP contribution in [-0.4, -0.2) is 18.0 Å². The van der Waals surface area contributed by atoms with Crippen LogP contribution in [0.25, 0.3) is 0 Å². The molecule has 0 aromatic heterocycles. The van der Waals surface area contributed by atoms with E-state index in [2.05, 4.69) is 12.2 Å².